The Kier molecular flexibility index (Phi) is 4.90. The van der Waals surface area contributed by atoms with Crippen LogP contribution in [0.1, 0.15) is 24.1 Å². The largest absolute Gasteiger partial charge is 0.349 e. The van der Waals surface area contributed by atoms with E-state index in [-0.39, 0.29) is 24.2 Å². The van der Waals surface area contributed by atoms with Gasteiger partial charge in [0.05, 0.1) is 12.5 Å². The fraction of sp³-hybridized carbons (Fsp3) is 0.188. The van der Waals surface area contributed by atoms with Gasteiger partial charge in [0.1, 0.15) is 5.82 Å². The number of carbonyl (C=O) groups is 1. The summed E-state index contributed by atoms with van der Waals surface area (Å²) in [5.41, 5.74) is 1.70. The zero-order valence-electron chi connectivity index (χ0n) is 11.1. The first-order chi connectivity index (χ1) is 9.54. The van der Waals surface area contributed by atoms with Gasteiger partial charge in [0, 0.05) is 4.47 Å². The molecule has 0 aromatic heterocycles. The van der Waals surface area contributed by atoms with Crippen LogP contribution in [-0.4, -0.2) is 5.91 Å². The third kappa shape index (κ3) is 4.17. The van der Waals surface area contributed by atoms with E-state index in [0.717, 1.165) is 10.0 Å². The van der Waals surface area contributed by atoms with E-state index in [9.17, 15) is 9.18 Å². The Morgan fingerprint density at radius 1 is 1.25 bits per heavy atom. The summed E-state index contributed by atoms with van der Waals surface area (Å²) in [6.07, 6.45) is 0.179. The summed E-state index contributed by atoms with van der Waals surface area (Å²) in [6.45, 7) is 1.92. The standard InChI is InChI=1S/C16H15BrFNO/c1-11(13-5-7-14(17)8-6-13)19-16(20)10-12-3-2-4-15(18)9-12/h2-9,11H,10H2,1H3,(H,19,20). The SMILES string of the molecule is CC(NC(=O)Cc1cccc(F)c1)c1ccc(Br)cc1. The van der Waals surface area contributed by atoms with E-state index in [1.165, 1.54) is 12.1 Å². The van der Waals surface area contributed by atoms with Crippen molar-refractivity contribution in [1.82, 2.24) is 5.32 Å². The lowest BCUT2D eigenvalue weighted by molar-refractivity contribution is -0.121. The highest BCUT2D eigenvalue weighted by Gasteiger charge is 2.10. The molecule has 1 amide bonds. The topological polar surface area (TPSA) is 29.1 Å². The van der Waals surface area contributed by atoms with Crippen LogP contribution in [0, 0.1) is 5.82 Å². The van der Waals surface area contributed by atoms with Gasteiger partial charge >= 0.3 is 0 Å². The van der Waals surface area contributed by atoms with Crippen molar-refractivity contribution in [2.24, 2.45) is 0 Å². The summed E-state index contributed by atoms with van der Waals surface area (Å²) in [7, 11) is 0. The van der Waals surface area contributed by atoms with Gasteiger partial charge in [-0.05, 0) is 42.3 Å². The van der Waals surface area contributed by atoms with Crippen molar-refractivity contribution in [3.8, 4) is 0 Å². The highest BCUT2D eigenvalue weighted by atomic mass is 79.9. The fourth-order valence-electron chi connectivity index (χ4n) is 1.96. The zero-order valence-corrected chi connectivity index (χ0v) is 12.7. The lowest BCUT2D eigenvalue weighted by Gasteiger charge is -2.14. The van der Waals surface area contributed by atoms with Crippen LogP contribution < -0.4 is 5.32 Å². The van der Waals surface area contributed by atoms with Crippen LogP contribution in [0.15, 0.2) is 53.0 Å². The van der Waals surface area contributed by atoms with Gasteiger partial charge in [0.15, 0.2) is 0 Å². The minimum Gasteiger partial charge on any atom is -0.349 e. The number of nitrogens with one attached hydrogen (secondary N) is 1. The zero-order chi connectivity index (χ0) is 14.5. The molecule has 0 saturated carbocycles. The number of amides is 1. The molecule has 1 unspecified atom stereocenters. The molecule has 0 fully saturated rings. The van der Waals surface area contributed by atoms with Crippen molar-refractivity contribution in [3.05, 3.63) is 69.9 Å². The number of benzene rings is 2. The molecule has 2 aromatic carbocycles. The Morgan fingerprint density at radius 2 is 1.95 bits per heavy atom. The second kappa shape index (κ2) is 6.66. The van der Waals surface area contributed by atoms with Crippen molar-refractivity contribution in [2.45, 2.75) is 19.4 Å². The van der Waals surface area contributed by atoms with Crippen molar-refractivity contribution >= 4 is 21.8 Å². The average molecular weight is 336 g/mol. The number of rotatable bonds is 4. The number of carbonyl (C=O) groups excluding carboxylic acids is 1. The number of halogens is 2. The lowest BCUT2D eigenvalue weighted by Crippen LogP contribution is -2.28. The highest BCUT2D eigenvalue weighted by molar-refractivity contribution is 9.10. The van der Waals surface area contributed by atoms with Crippen LogP contribution in [-0.2, 0) is 11.2 Å². The molecule has 0 heterocycles. The molecule has 0 aliphatic heterocycles. The van der Waals surface area contributed by atoms with Crippen molar-refractivity contribution < 1.29 is 9.18 Å². The van der Waals surface area contributed by atoms with Crippen molar-refractivity contribution in [3.63, 3.8) is 0 Å². The number of hydrogen-bond acceptors (Lipinski definition) is 1. The molecule has 20 heavy (non-hydrogen) atoms. The summed E-state index contributed by atoms with van der Waals surface area (Å²) in [6, 6.07) is 13.8. The first kappa shape index (κ1) is 14.7. The van der Waals surface area contributed by atoms with Crippen LogP contribution in [0.4, 0.5) is 4.39 Å². The van der Waals surface area contributed by atoms with Crippen LogP contribution in [0.5, 0.6) is 0 Å². The van der Waals surface area contributed by atoms with Crippen LogP contribution >= 0.6 is 15.9 Å². The smallest absolute Gasteiger partial charge is 0.224 e. The van der Waals surface area contributed by atoms with E-state index in [1.807, 2.05) is 31.2 Å². The van der Waals surface area contributed by atoms with Crippen molar-refractivity contribution in [2.75, 3.05) is 0 Å². The molecule has 104 valence electrons. The minimum absolute atomic E-state index is 0.0795. The third-order valence-electron chi connectivity index (χ3n) is 3.00. The molecule has 2 rings (SSSR count). The molecule has 4 heteroatoms. The number of hydrogen-bond donors (Lipinski definition) is 1. The molecule has 1 atom stereocenters. The summed E-state index contributed by atoms with van der Waals surface area (Å²) in [4.78, 5) is 11.9. The maximum atomic E-state index is 13.0. The predicted octanol–water partition coefficient (Wildman–Crippen LogP) is 4.01. The minimum atomic E-state index is -0.323. The predicted molar refractivity (Wildman–Crippen MR) is 80.8 cm³/mol. The van der Waals surface area contributed by atoms with Gasteiger partial charge in [-0.2, -0.15) is 0 Å². The molecule has 0 saturated heterocycles. The van der Waals surface area contributed by atoms with E-state index in [2.05, 4.69) is 21.2 Å². The van der Waals surface area contributed by atoms with E-state index in [1.54, 1.807) is 12.1 Å². The van der Waals surface area contributed by atoms with E-state index in [4.69, 9.17) is 0 Å². The van der Waals surface area contributed by atoms with Gasteiger partial charge in [-0.3, -0.25) is 4.79 Å². The van der Waals surface area contributed by atoms with Crippen LogP contribution in [0.2, 0.25) is 0 Å². The molecule has 0 aliphatic rings. The van der Waals surface area contributed by atoms with Crippen molar-refractivity contribution in [1.29, 1.82) is 0 Å². The van der Waals surface area contributed by atoms with Gasteiger partial charge in [-0.15, -0.1) is 0 Å². The average Bonchev–Trinajstić information content (AvgIpc) is 2.39. The molecule has 2 aromatic rings. The monoisotopic (exact) mass is 335 g/mol. The van der Waals surface area contributed by atoms with E-state index in [0.29, 0.717) is 5.56 Å². The Hall–Kier alpha value is -1.68. The molecule has 0 aliphatic carbocycles. The summed E-state index contributed by atoms with van der Waals surface area (Å²) < 4.78 is 14.0. The molecule has 0 spiro atoms. The van der Waals surface area contributed by atoms with Gasteiger partial charge in [-0.1, -0.05) is 40.2 Å². The second-order valence-corrected chi connectivity index (χ2v) is 5.56. The Labute approximate surface area is 126 Å². The first-order valence-electron chi connectivity index (χ1n) is 6.34. The van der Waals surface area contributed by atoms with Gasteiger partial charge in [-0.25, -0.2) is 4.39 Å². The Balaban J connectivity index is 1.95. The van der Waals surface area contributed by atoms with Gasteiger partial charge in [0.25, 0.3) is 0 Å². The molecular formula is C16H15BrFNO. The first-order valence-corrected chi connectivity index (χ1v) is 7.13. The molecule has 2 nitrogen and oxygen atoms in total. The maximum Gasteiger partial charge on any atom is 0.224 e. The molecule has 0 radical (unpaired) electrons. The second-order valence-electron chi connectivity index (χ2n) is 4.65. The quantitative estimate of drug-likeness (QED) is 0.898. The fourth-order valence-corrected chi connectivity index (χ4v) is 2.22. The molecule has 1 N–H and O–H groups in total. The van der Waals surface area contributed by atoms with Crippen LogP contribution in [0.25, 0.3) is 0 Å². The summed E-state index contributed by atoms with van der Waals surface area (Å²) in [5, 5.41) is 2.91. The lowest BCUT2D eigenvalue weighted by atomic mass is 10.1. The maximum absolute atomic E-state index is 13.0. The third-order valence-corrected chi connectivity index (χ3v) is 3.53. The normalized spacial score (nSPS) is 11.9. The van der Waals surface area contributed by atoms with E-state index < -0.39 is 0 Å². The van der Waals surface area contributed by atoms with E-state index >= 15 is 0 Å². The Bertz CT molecular complexity index is 598. The van der Waals surface area contributed by atoms with Gasteiger partial charge < -0.3 is 5.32 Å². The van der Waals surface area contributed by atoms with Gasteiger partial charge in [0.2, 0.25) is 5.91 Å². The molecule has 0 bridgehead atoms. The highest BCUT2D eigenvalue weighted by Crippen LogP contribution is 2.16. The summed E-state index contributed by atoms with van der Waals surface area (Å²) >= 11 is 3.37. The Morgan fingerprint density at radius 3 is 2.60 bits per heavy atom. The summed E-state index contributed by atoms with van der Waals surface area (Å²) in [5.74, 6) is -0.442. The van der Waals surface area contributed by atoms with Crippen LogP contribution in [0.3, 0.4) is 0 Å². The molecular weight excluding hydrogens is 321 g/mol.